The third-order valence-corrected chi connectivity index (χ3v) is 4.73. The van der Waals surface area contributed by atoms with Crippen LogP contribution < -0.4 is 15.7 Å². The van der Waals surface area contributed by atoms with Crippen LogP contribution in [-0.4, -0.2) is 18.1 Å². The molecule has 7 heteroatoms. The van der Waals surface area contributed by atoms with E-state index in [2.05, 4.69) is 5.32 Å². The summed E-state index contributed by atoms with van der Waals surface area (Å²) >= 11 is 5.87. The van der Waals surface area contributed by atoms with Crippen LogP contribution in [0, 0.1) is 6.92 Å². The number of halogens is 1. The lowest BCUT2D eigenvalue weighted by molar-refractivity contribution is -0.116. The second-order valence-corrected chi connectivity index (χ2v) is 6.96. The Morgan fingerprint density at radius 1 is 1.17 bits per heavy atom. The Morgan fingerprint density at radius 2 is 1.83 bits per heavy atom. The molecule has 0 unspecified atom stereocenters. The van der Waals surface area contributed by atoms with E-state index in [9.17, 15) is 14.7 Å². The van der Waals surface area contributed by atoms with E-state index in [0.29, 0.717) is 22.0 Å². The molecular formula is C22H20ClNO5. The number of carbonyl (C=O) groups is 1. The highest BCUT2D eigenvalue weighted by Gasteiger charge is 2.26. The van der Waals surface area contributed by atoms with E-state index >= 15 is 0 Å². The topological polar surface area (TPSA) is 88.8 Å². The van der Waals surface area contributed by atoms with E-state index in [0.717, 1.165) is 0 Å². The fourth-order valence-electron chi connectivity index (χ4n) is 3.08. The summed E-state index contributed by atoms with van der Waals surface area (Å²) in [5.41, 5.74) is 0.603. The molecule has 29 heavy (non-hydrogen) atoms. The molecule has 0 aliphatic carbocycles. The number of aryl methyl sites for hydroxylation is 1. The van der Waals surface area contributed by atoms with Crippen molar-refractivity contribution in [2.24, 2.45) is 0 Å². The Kier molecular flexibility index (Phi) is 6.24. The highest BCUT2D eigenvalue weighted by Crippen LogP contribution is 2.33. The Bertz CT molecular complexity index is 1060. The molecule has 1 atom stereocenters. The first-order valence-electron chi connectivity index (χ1n) is 8.90. The largest absolute Gasteiger partial charge is 0.507 e. The lowest BCUT2D eigenvalue weighted by Crippen LogP contribution is -2.21. The van der Waals surface area contributed by atoms with Crippen LogP contribution in [0.2, 0.25) is 5.02 Å². The number of carbonyl (C=O) groups excluding carboxylic acids is 1. The zero-order valence-corrected chi connectivity index (χ0v) is 16.7. The van der Waals surface area contributed by atoms with Crippen LogP contribution in [0.4, 0.5) is 5.69 Å². The summed E-state index contributed by atoms with van der Waals surface area (Å²) in [6.07, 6.45) is -0.0731. The average Bonchev–Trinajstić information content (AvgIpc) is 2.68. The van der Waals surface area contributed by atoms with Crippen molar-refractivity contribution in [1.82, 2.24) is 0 Å². The van der Waals surface area contributed by atoms with E-state index in [1.807, 2.05) is 0 Å². The lowest BCUT2D eigenvalue weighted by Gasteiger charge is -2.18. The van der Waals surface area contributed by atoms with E-state index in [4.69, 9.17) is 20.8 Å². The van der Waals surface area contributed by atoms with Crippen molar-refractivity contribution in [1.29, 1.82) is 0 Å². The van der Waals surface area contributed by atoms with Crippen molar-refractivity contribution in [3.63, 3.8) is 0 Å². The zero-order chi connectivity index (χ0) is 21.0. The number of anilines is 1. The fourth-order valence-corrected chi connectivity index (χ4v) is 3.21. The van der Waals surface area contributed by atoms with Crippen molar-refractivity contribution < 1.29 is 19.1 Å². The Balaban J connectivity index is 1.95. The molecule has 6 nitrogen and oxygen atoms in total. The second kappa shape index (κ2) is 8.84. The van der Waals surface area contributed by atoms with Gasteiger partial charge in [-0.05, 0) is 48.9 Å². The Labute approximate surface area is 172 Å². The molecule has 3 aromatic rings. The molecule has 0 fully saturated rings. The number of ether oxygens (including phenoxy) is 1. The number of amides is 1. The van der Waals surface area contributed by atoms with Gasteiger partial charge < -0.3 is 19.6 Å². The van der Waals surface area contributed by atoms with Crippen LogP contribution in [0.5, 0.6) is 11.5 Å². The van der Waals surface area contributed by atoms with Crippen LogP contribution in [0.25, 0.3) is 0 Å². The molecule has 1 amide bonds. The number of aromatic hydroxyl groups is 1. The maximum atomic E-state index is 12.7. The molecule has 2 aromatic carbocycles. The van der Waals surface area contributed by atoms with Gasteiger partial charge in [0, 0.05) is 29.1 Å². The van der Waals surface area contributed by atoms with Crippen LogP contribution in [0.1, 0.15) is 29.2 Å². The maximum Gasteiger partial charge on any atom is 0.343 e. The summed E-state index contributed by atoms with van der Waals surface area (Å²) < 4.78 is 10.3. The van der Waals surface area contributed by atoms with Crippen LogP contribution >= 0.6 is 11.6 Å². The first-order chi connectivity index (χ1) is 13.9. The van der Waals surface area contributed by atoms with E-state index < -0.39 is 11.5 Å². The maximum absolute atomic E-state index is 12.7. The monoisotopic (exact) mass is 413 g/mol. The minimum Gasteiger partial charge on any atom is -0.507 e. The van der Waals surface area contributed by atoms with Crippen LogP contribution in [0.3, 0.4) is 0 Å². The van der Waals surface area contributed by atoms with Gasteiger partial charge >= 0.3 is 5.63 Å². The standard InChI is InChI=1S/C22H20ClNO5/c1-13-11-19(25)21(22(27)29-13)18(14-3-9-17(28-2)10-4-14)12-20(26)24-16-7-5-15(23)6-8-16/h3-11,18,25H,12H2,1-2H3,(H,24,26)/t18-/m0/s1. The van der Waals surface area contributed by atoms with Gasteiger partial charge in [0.1, 0.15) is 17.3 Å². The molecule has 2 N–H and O–H groups in total. The minimum atomic E-state index is -0.704. The van der Waals surface area contributed by atoms with Crippen molar-refractivity contribution in [2.75, 3.05) is 12.4 Å². The fraction of sp³-hybridized carbons (Fsp3) is 0.182. The number of hydrogen-bond acceptors (Lipinski definition) is 5. The summed E-state index contributed by atoms with van der Waals surface area (Å²) in [7, 11) is 1.55. The van der Waals surface area contributed by atoms with Crippen molar-refractivity contribution in [3.8, 4) is 11.5 Å². The van der Waals surface area contributed by atoms with Gasteiger partial charge in [0.05, 0.1) is 12.7 Å². The molecule has 150 valence electrons. The van der Waals surface area contributed by atoms with Gasteiger partial charge in [-0.2, -0.15) is 0 Å². The highest BCUT2D eigenvalue weighted by atomic mass is 35.5. The zero-order valence-electron chi connectivity index (χ0n) is 15.9. The average molecular weight is 414 g/mol. The SMILES string of the molecule is COc1ccc([C@H](CC(=O)Nc2ccc(Cl)cc2)c2c(O)cc(C)oc2=O)cc1. The van der Waals surface area contributed by atoms with Gasteiger partial charge in [-0.15, -0.1) is 0 Å². The molecule has 1 heterocycles. The van der Waals surface area contributed by atoms with Crippen LogP contribution in [-0.2, 0) is 4.79 Å². The molecule has 3 rings (SSSR count). The first kappa shape index (κ1) is 20.5. The predicted molar refractivity (Wildman–Crippen MR) is 111 cm³/mol. The van der Waals surface area contributed by atoms with E-state index in [1.54, 1.807) is 62.6 Å². The molecule has 0 saturated heterocycles. The summed E-state index contributed by atoms with van der Waals surface area (Å²) in [6.45, 7) is 1.57. The number of nitrogens with one attached hydrogen (secondary N) is 1. The normalized spacial score (nSPS) is 11.7. The molecular weight excluding hydrogens is 394 g/mol. The van der Waals surface area contributed by atoms with Crippen molar-refractivity contribution in [2.45, 2.75) is 19.3 Å². The highest BCUT2D eigenvalue weighted by molar-refractivity contribution is 6.30. The van der Waals surface area contributed by atoms with Gasteiger partial charge in [-0.1, -0.05) is 23.7 Å². The quantitative estimate of drug-likeness (QED) is 0.622. The summed E-state index contributed by atoms with van der Waals surface area (Å²) in [5.74, 6) is -0.315. The molecule has 0 bridgehead atoms. The summed E-state index contributed by atoms with van der Waals surface area (Å²) in [6, 6.07) is 15.0. The lowest BCUT2D eigenvalue weighted by atomic mass is 9.88. The van der Waals surface area contributed by atoms with Gasteiger partial charge in [-0.25, -0.2) is 4.79 Å². The molecule has 0 aliphatic rings. The van der Waals surface area contributed by atoms with Gasteiger partial charge in [0.15, 0.2) is 0 Å². The molecule has 0 radical (unpaired) electrons. The number of rotatable bonds is 6. The molecule has 0 saturated carbocycles. The summed E-state index contributed by atoms with van der Waals surface area (Å²) in [5, 5.41) is 13.7. The van der Waals surface area contributed by atoms with Crippen molar-refractivity contribution >= 4 is 23.2 Å². The van der Waals surface area contributed by atoms with Crippen LogP contribution in [0.15, 0.2) is 63.8 Å². The Morgan fingerprint density at radius 3 is 2.41 bits per heavy atom. The Hall–Kier alpha value is -3.25. The van der Waals surface area contributed by atoms with Gasteiger partial charge in [-0.3, -0.25) is 4.79 Å². The predicted octanol–water partition coefficient (Wildman–Crippen LogP) is 4.48. The van der Waals surface area contributed by atoms with E-state index in [1.165, 1.54) is 6.07 Å². The van der Waals surface area contributed by atoms with Gasteiger partial charge in [0.25, 0.3) is 0 Å². The molecule has 0 spiro atoms. The smallest absolute Gasteiger partial charge is 0.343 e. The summed E-state index contributed by atoms with van der Waals surface area (Å²) in [4.78, 5) is 25.2. The molecule has 1 aromatic heterocycles. The number of methoxy groups -OCH3 is 1. The van der Waals surface area contributed by atoms with Gasteiger partial charge in [0.2, 0.25) is 5.91 Å². The second-order valence-electron chi connectivity index (χ2n) is 6.53. The minimum absolute atomic E-state index is 0.0343. The first-order valence-corrected chi connectivity index (χ1v) is 9.28. The van der Waals surface area contributed by atoms with Crippen molar-refractivity contribution in [3.05, 3.63) is 86.9 Å². The van der Waals surface area contributed by atoms with E-state index in [-0.39, 0.29) is 29.4 Å². The number of hydrogen-bond donors (Lipinski definition) is 2. The number of benzene rings is 2. The molecule has 0 aliphatic heterocycles. The third-order valence-electron chi connectivity index (χ3n) is 4.47. The third kappa shape index (κ3) is 4.97.